The Morgan fingerprint density at radius 1 is 1.40 bits per heavy atom. The van der Waals surface area contributed by atoms with Crippen LogP contribution < -0.4 is 5.32 Å². The number of amides is 1. The molecule has 2 aliphatic rings. The van der Waals surface area contributed by atoms with E-state index in [1.54, 1.807) is 6.08 Å². The molecular formula is C11H15NO3. The number of hydrogen-bond donors (Lipinski definition) is 2. The fraction of sp³-hybridized carbons (Fsp3) is 0.636. The van der Waals surface area contributed by atoms with Crippen LogP contribution in [0.1, 0.15) is 25.7 Å². The van der Waals surface area contributed by atoms with E-state index in [4.69, 9.17) is 5.11 Å². The molecule has 0 bridgehead atoms. The molecule has 1 atom stereocenters. The van der Waals surface area contributed by atoms with Crippen molar-refractivity contribution in [1.82, 2.24) is 5.32 Å². The molecule has 2 rings (SSSR count). The Hall–Kier alpha value is -1.32. The van der Waals surface area contributed by atoms with Crippen LogP contribution >= 0.6 is 0 Å². The van der Waals surface area contributed by atoms with E-state index >= 15 is 0 Å². The van der Waals surface area contributed by atoms with Crippen molar-refractivity contribution in [2.45, 2.75) is 25.7 Å². The molecule has 2 N–H and O–H groups in total. The van der Waals surface area contributed by atoms with Crippen molar-refractivity contribution in [3.05, 3.63) is 11.6 Å². The van der Waals surface area contributed by atoms with Gasteiger partial charge >= 0.3 is 5.97 Å². The molecule has 0 aromatic rings. The number of carboxylic acids is 1. The molecule has 0 spiro atoms. The van der Waals surface area contributed by atoms with E-state index in [0.29, 0.717) is 11.5 Å². The number of carboxylic acid groups (broad SMARTS) is 1. The number of carbonyl (C=O) groups excluding carboxylic acids is 1. The van der Waals surface area contributed by atoms with Crippen LogP contribution in [-0.4, -0.2) is 23.5 Å². The second kappa shape index (κ2) is 4.04. The van der Waals surface area contributed by atoms with Gasteiger partial charge in [0.2, 0.25) is 5.91 Å². The van der Waals surface area contributed by atoms with Gasteiger partial charge in [0, 0.05) is 6.54 Å². The largest absolute Gasteiger partial charge is 0.478 e. The Morgan fingerprint density at radius 3 is 2.67 bits per heavy atom. The second-order valence-electron chi connectivity index (χ2n) is 4.29. The van der Waals surface area contributed by atoms with E-state index in [1.807, 2.05) is 0 Å². The minimum Gasteiger partial charge on any atom is -0.478 e. The lowest BCUT2D eigenvalue weighted by molar-refractivity contribution is -0.133. The predicted octanol–water partition coefficient (Wildman–Crippen LogP) is 0.934. The molecule has 4 nitrogen and oxygen atoms in total. The summed E-state index contributed by atoms with van der Waals surface area (Å²) in [5.41, 5.74) is 0.325. The number of carbonyl (C=O) groups is 2. The lowest BCUT2D eigenvalue weighted by atomic mass is 9.86. The van der Waals surface area contributed by atoms with Crippen molar-refractivity contribution in [2.75, 3.05) is 6.54 Å². The highest BCUT2D eigenvalue weighted by atomic mass is 16.4. The summed E-state index contributed by atoms with van der Waals surface area (Å²) in [5, 5.41) is 11.5. The van der Waals surface area contributed by atoms with Gasteiger partial charge in [0.1, 0.15) is 0 Å². The smallest absolute Gasteiger partial charge is 0.333 e. The highest BCUT2D eigenvalue weighted by molar-refractivity contribution is 5.92. The summed E-state index contributed by atoms with van der Waals surface area (Å²) in [6.45, 7) is 0.164. The van der Waals surface area contributed by atoms with E-state index in [2.05, 4.69) is 5.32 Å². The van der Waals surface area contributed by atoms with Gasteiger partial charge < -0.3 is 10.4 Å². The summed E-state index contributed by atoms with van der Waals surface area (Å²) < 4.78 is 0. The van der Waals surface area contributed by atoms with E-state index in [-0.39, 0.29) is 18.4 Å². The third-order valence-electron chi connectivity index (χ3n) is 3.32. The van der Waals surface area contributed by atoms with Crippen LogP contribution in [0, 0.1) is 11.8 Å². The molecular weight excluding hydrogens is 194 g/mol. The fourth-order valence-corrected chi connectivity index (χ4v) is 2.47. The van der Waals surface area contributed by atoms with Gasteiger partial charge in [-0.3, -0.25) is 4.79 Å². The molecule has 82 valence electrons. The maximum Gasteiger partial charge on any atom is 0.333 e. The number of rotatable bonds is 2. The number of aliphatic carboxylic acids is 1. The first-order valence-electron chi connectivity index (χ1n) is 5.40. The average Bonchev–Trinajstić information content (AvgIpc) is 2.71. The van der Waals surface area contributed by atoms with Crippen LogP contribution in [0.5, 0.6) is 0 Å². The fourth-order valence-electron chi connectivity index (χ4n) is 2.47. The Morgan fingerprint density at radius 2 is 2.07 bits per heavy atom. The minimum atomic E-state index is -0.919. The molecule has 4 heteroatoms. The zero-order chi connectivity index (χ0) is 10.8. The van der Waals surface area contributed by atoms with Crippen LogP contribution in [0.4, 0.5) is 0 Å². The lowest BCUT2D eigenvalue weighted by Crippen LogP contribution is -2.40. The Labute approximate surface area is 88.4 Å². The quantitative estimate of drug-likeness (QED) is 0.711. The Kier molecular flexibility index (Phi) is 2.75. The molecule has 0 saturated heterocycles. The molecule has 1 amide bonds. The standard InChI is InChI=1S/C11H15NO3/c13-10-9(7-3-1-2-4-7)5-8(6-12-10)11(14)15/h5,7,9H,1-4,6H2,(H,12,13)(H,14,15). The first kappa shape index (κ1) is 10.2. The van der Waals surface area contributed by atoms with E-state index in [9.17, 15) is 9.59 Å². The Bertz CT molecular complexity index is 316. The normalized spacial score (nSPS) is 27.3. The molecule has 15 heavy (non-hydrogen) atoms. The zero-order valence-corrected chi connectivity index (χ0v) is 8.53. The summed E-state index contributed by atoms with van der Waals surface area (Å²) in [6.07, 6.45) is 6.05. The van der Waals surface area contributed by atoms with Crippen LogP contribution in [0.3, 0.4) is 0 Å². The third-order valence-corrected chi connectivity index (χ3v) is 3.32. The summed E-state index contributed by atoms with van der Waals surface area (Å²) in [7, 11) is 0. The van der Waals surface area contributed by atoms with Crippen molar-refractivity contribution < 1.29 is 14.7 Å². The van der Waals surface area contributed by atoms with E-state index in [1.165, 1.54) is 0 Å². The van der Waals surface area contributed by atoms with E-state index in [0.717, 1.165) is 25.7 Å². The van der Waals surface area contributed by atoms with Gasteiger partial charge in [-0.25, -0.2) is 4.79 Å². The average molecular weight is 209 g/mol. The lowest BCUT2D eigenvalue weighted by Gasteiger charge is -2.24. The van der Waals surface area contributed by atoms with E-state index < -0.39 is 5.97 Å². The molecule has 0 aromatic carbocycles. The zero-order valence-electron chi connectivity index (χ0n) is 8.53. The molecule has 0 radical (unpaired) electrons. The SMILES string of the molecule is O=C(O)C1=CC(C2CCCC2)C(=O)NC1. The molecule has 1 aliphatic heterocycles. The van der Waals surface area contributed by atoms with Crippen molar-refractivity contribution in [3.63, 3.8) is 0 Å². The number of hydrogen-bond acceptors (Lipinski definition) is 2. The van der Waals surface area contributed by atoms with Gasteiger partial charge in [-0.15, -0.1) is 0 Å². The van der Waals surface area contributed by atoms with Gasteiger partial charge in [-0.05, 0) is 18.8 Å². The molecule has 1 saturated carbocycles. The monoisotopic (exact) mass is 209 g/mol. The van der Waals surface area contributed by atoms with Crippen LogP contribution in [0.25, 0.3) is 0 Å². The molecule has 1 aliphatic carbocycles. The summed E-state index contributed by atoms with van der Waals surface area (Å²) in [4.78, 5) is 22.4. The summed E-state index contributed by atoms with van der Waals surface area (Å²) in [5.74, 6) is -0.795. The van der Waals surface area contributed by atoms with Crippen molar-refractivity contribution >= 4 is 11.9 Å². The van der Waals surface area contributed by atoms with Crippen molar-refractivity contribution in [3.8, 4) is 0 Å². The second-order valence-corrected chi connectivity index (χ2v) is 4.29. The van der Waals surface area contributed by atoms with Crippen LogP contribution in [0.2, 0.25) is 0 Å². The molecule has 1 fully saturated rings. The van der Waals surface area contributed by atoms with Gasteiger partial charge in [0.05, 0.1) is 11.5 Å². The van der Waals surface area contributed by atoms with Crippen LogP contribution in [-0.2, 0) is 9.59 Å². The van der Waals surface area contributed by atoms with Crippen molar-refractivity contribution in [1.29, 1.82) is 0 Å². The minimum absolute atomic E-state index is 0.00750. The van der Waals surface area contributed by atoms with Gasteiger partial charge in [0.25, 0.3) is 0 Å². The van der Waals surface area contributed by atoms with Crippen LogP contribution in [0.15, 0.2) is 11.6 Å². The highest BCUT2D eigenvalue weighted by Gasteiger charge is 2.32. The maximum atomic E-state index is 11.6. The molecule has 0 aromatic heterocycles. The van der Waals surface area contributed by atoms with Gasteiger partial charge in [-0.1, -0.05) is 18.9 Å². The molecule has 1 unspecified atom stereocenters. The molecule has 1 heterocycles. The Balaban J connectivity index is 2.16. The third kappa shape index (κ3) is 2.03. The topological polar surface area (TPSA) is 66.4 Å². The summed E-state index contributed by atoms with van der Waals surface area (Å²) in [6, 6.07) is 0. The highest BCUT2D eigenvalue weighted by Crippen LogP contribution is 2.33. The van der Waals surface area contributed by atoms with Crippen molar-refractivity contribution in [2.24, 2.45) is 11.8 Å². The predicted molar refractivity (Wildman–Crippen MR) is 54.2 cm³/mol. The first-order chi connectivity index (χ1) is 7.18. The maximum absolute atomic E-state index is 11.6. The number of nitrogens with one attached hydrogen (secondary N) is 1. The summed E-state index contributed by atoms with van der Waals surface area (Å²) >= 11 is 0. The first-order valence-corrected chi connectivity index (χ1v) is 5.40. The van der Waals surface area contributed by atoms with Gasteiger partial charge in [0.15, 0.2) is 0 Å². The van der Waals surface area contributed by atoms with Gasteiger partial charge in [-0.2, -0.15) is 0 Å².